The number of fused-ring (bicyclic) bond motifs is 7. The number of para-hydroxylation sites is 1. The highest BCUT2D eigenvalue weighted by Crippen LogP contribution is 2.57. The van der Waals surface area contributed by atoms with Crippen LogP contribution in [0.15, 0.2) is 207 Å². The Morgan fingerprint density at radius 3 is 1.84 bits per heavy atom. The Bertz CT molecular complexity index is 3000. The predicted molar refractivity (Wildman–Crippen MR) is 232 cm³/mol. The van der Waals surface area contributed by atoms with Gasteiger partial charge in [-0.3, -0.25) is 4.98 Å². The minimum Gasteiger partial charge on any atom is -0.310 e. The van der Waals surface area contributed by atoms with Crippen molar-refractivity contribution in [3.05, 3.63) is 229 Å². The minimum atomic E-state index is -0.502. The van der Waals surface area contributed by atoms with E-state index in [0.717, 1.165) is 22.4 Å². The van der Waals surface area contributed by atoms with Gasteiger partial charge in [0, 0.05) is 54.9 Å². The van der Waals surface area contributed by atoms with Gasteiger partial charge in [0.15, 0.2) is 0 Å². The Hall–Kier alpha value is -6.81. The second kappa shape index (κ2) is 12.7. The summed E-state index contributed by atoms with van der Waals surface area (Å²) in [5, 5.41) is 4.88. The maximum absolute atomic E-state index is 4.44. The summed E-state index contributed by atoms with van der Waals surface area (Å²) in [7, 11) is 0. The van der Waals surface area contributed by atoms with E-state index >= 15 is 0 Å². The van der Waals surface area contributed by atoms with Gasteiger partial charge >= 0.3 is 0 Å². The van der Waals surface area contributed by atoms with Gasteiger partial charge in [-0.25, -0.2) is 0 Å². The van der Waals surface area contributed by atoms with Crippen LogP contribution in [0.2, 0.25) is 0 Å². The number of aromatic nitrogens is 1. The van der Waals surface area contributed by atoms with Crippen molar-refractivity contribution in [2.75, 3.05) is 4.90 Å². The molecule has 2 aromatic heterocycles. The van der Waals surface area contributed by atoms with E-state index in [2.05, 4.69) is 204 Å². The first-order valence-corrected chi connectivity index (χ1v) is 19.6. The fraction of sp³-hybridized carbons (Fsp3) is 0.0192. The Kier molecular flexibility index (Phi) is 7.29. The monoisotopic (exact) mass is 718 g/mol. The number of nitrogens with zero attached hydrogens (tertiary/aromatic N) is 2. The zero-order chi connectivity index (χ0) is 36.3. The molecule has 10 aromatic rings. The van der Waals surface area contributed by atoms with Crippen molar-refractivity contribution in [3.63, 3.8) is 0 Å². The van der Waals surface area contributed by atoms with E-state index in [1.807, 2.05) is 23.7 Å². The molecule has 1 aliphatic rings. The largest absolute Gasteiger partial charge is 0.310 e. The summed E-state index contributed by atoms with van der Waals surface area (Å²) in [6.45, 7) is 0. The SMILES string of the molecule is c1ccc(-c2ccccc2N(c2ccc3c(c2)C(c2ccccc2)(c2ccccc2)c2ccccc2-3)c2ccc3sc4cc5ccncc5cc4c3c2)cc1. The van der Waals surface area contributed by atoms with E-state index in [1.165, 1.54) is 70.1 Å². The first-order chi connectivity index (χ1) is 27.3. The number of pyridine rings is 1. The van der Waals surface area contributed by atoms with E-state index in [1.54, 1.807) is 0 Å². The van der Waals surface area contributed by atoms with Crippen LogP contribution in [-0.2, 0) is 5.41 Å². The average molecular weight is 719 g/mol. The van der Waals surface area contributed by atoms with Crippen molar-refractivity contribution >= 4 is 59.3 Å². The van der Waals surface area contributed by atoms with Crippen LogP contribution in [0.1, 0.15) is 22.3 Å². The molecule has 2 nitrogen and oxygen atoms in total. The number of rotatable bonds is 6. The highest BCUT2D eigenvalue weighted by molar-refractivity contribution is 7.25. The van der Waals surface area contributed by atoms with Crippen LogP contribution in [0, 0.1) is 0 Å². The van der Waals surface area contributed by atoms with Gasteiger partial charge < -0.3 is 4.90 Å². The predicted octanol–water partition coefficient (Wildman–Crippen LogP) is 14.1. The van der Waals surface area contributed by atoms with Gasteiger partial charge in [-0.2, -0.15) is 0 Å². The summed E-state index contributed by atoms with van der Waals surface area (Å²) < 4.78 is 2.56. The van der Waals surface area contributed by atoms with E-state index in [4.69, 9.17) is 0 Å². The number of anilines is 3. The standard InChI is InChI=1S/C52H34N2S/c1-4-14-35(15-5-1)42-20-11-13-23-49(42)54(40-25-27-50-46(32-40)45-30-37-34-53-29-28-36(37)31-51(45)55-50)41-24-26-44-43-21-10-12-22-47(43)52(48(44)33-41,38-16-6-2-7-17-38)39-18-8-3-9-19-39/h1-34H. The Morgan fingerprint density at radius 1 is 0.436 bits per heavy atom. The molecule has 0 atom stereocenters. The molecule has 0 saturated heterocycles. The molecule has 0 fully saturated rings. The molecule has 0 amide bonds. The molecular weight excluding hydrogens is 685 g/mol. The van der Waals surface area contributed by atoms with E-state index in [-0.39, 0.29) is 0 Å². The first kappa shape index (κ1) is 31.7. The minimum absolute atomic E-state index is 0.502. The van der Waals surface area contributed by atoms with Crippen molar-refractivity contribution < 1.29 is 0 Å². The maximum atomic E-state index is 4.44. The van der Waals surface area contributed by atoms with Crippen LogP contribution in [-0.4, -0.2) is 4.98 Å². The molecule has 0 saturated carbocycles. The van der Waals surface area contributed by atoms with Crippen molar-refractivity contribution in [2.45, 2.75) is 5.41 Å². The summed E-state index contributed by atoms with van der Waals surface area (Å²) in [5.74, 6) is 0. The highest BCUT2D eigenvalue weighted by Gasteiger charge is 2.46. The molecule has 0 aliphatic heterocycles. The quantitative estimate of drug-likeness (QED) is 0.170. The maximum Gasteiger partial charge on any atom is 0.0714 e. The fourth-order valence-electron chi connectivity index (χ4n) is 9.01. The number of benzene rings is 8. The second-order valence-electron chi connectivity index (χ2n) is 14.3. The third-order valence-electron chi connectivity index (χ3n) is 11.4. The van der Waals surface area contributed by atoms with Crippen molar-refractivity contribution in [3.8, 4) is 22.3 Å². The van der Waals surface area contributed by atoms with Crippen LogP contribution >= 0.6 is 11.3 Å². The molecular formula is C52H34N2S. The summed E-state index contributed by atoms with van der Waals surface area (Å²) in [6, 6.07) is 71.5. The lowest BCUT2D eigenvalue weighted by Crippen LogP contribution is -2.28. The van der Waals surface area contributed by atoms with Crippen LogP contribution in [0.25, 0.3) is 53.2 Å². The Morgan fingerprint density at radius 2 is 1.05 bits per heavy atom. The van der Waals surface area contributed by atoms with E-state index < -0.39 is 5.41 Å². The molecule has 1 aliphatic carbocycles. The number of thiophene rings is 1. The van der Waals surface area contributed by atoms with Gasteiger partial charge in [-0.1, -0.05) is 140 Å². The van der Waals surface area contributed by atoms with Gasteiger partial charge in [0.1, 0.15) is 0 Å². The van der Waals surface area contributed by atoms with Crippen LogP contribution < -0.4 is 4.90 Å². The normalized spacial score (nSPS) is 12.9. The lowest BCUT2D eigenvalue weighted by molar-refractivity contribution is 0.768. The van der Waals surface area contributed by atoms with E-state index in [9.17, 15) is 0 Å². The molecule has 0 radical (unpaired) electrons. The second-order valence-corrected chi connectivity index (χ2v) is 15.4. The third kappa shape index (κ3) is 4.90. The summed E-state index contributed by atoms with van der Waals surface area (Å²) in [4.78, 5) is 6.91. The number of hydrogen-bond donors (Lipinski definition) is 0. The van der Waals surface area contributed by atoms with Gasteiger partial charge in [0.2, 0.25) is 0 Å². The molecule has 55 heavy (non-hydrogen) atoms. The molecule has 8 aromatic carbocycles. The molecule has 258 valence electrons. The van der Waals surface area contributed by atoms with Crippen LogP contribution in [0.3, 0.4) is 0 Å². The highest BCUT2D eigenvalue weighted by atomic mass is 32.1. The lowest BCUT2D eigenvalue weighted by Gasteiger charge is -2.35. The Balaban J connectivity index is 1.20. The molecule has 0 N–H and O–H groups in total. The first-order valence-electron chi connectivity index (χ1n) is 18.8. The number of hydrogen-bond acceptors (Lipinski definition) is 3. The smallest absolute Gasteiger partial charge is 0.0714 e. The van der Waals surface area contributed by atoms with E-state index in [0.29, 0.717) is 0 Å². The summed E-state index contributed by atoms with van der Waals surface area (Å²) in [5.41, 5.74) is 12.9. The third-order valence-corrected chi connectivity index (χ3v) is 12.5. The molecule has 2 heterocycles. The van der Waals surface area contributed by atoms with Gasteiger partial charge in [-0.15, -0.1) is 11.3 Å². The molecule has 11 rings (SSSR count). The zero-order valence-corrected chi connectivity index (χ0v) is 30.7. The zero-order valence-electron chi connectivity index (χ0n) is 29.9. The molecule has 3 heteroatoms. The summed E-state index contributed by atoms with van der Waals surface area (Å²) in [6.07, 6.45) is 3.85. The fourth-order valence-corrected chi connectivity index (χ4v) is 10.1. The van der Waals surface area contributed by atoms with Crippen LogP contribution in [0.4, 0.5) is 17.1 Å². The topological polar surface area (TPSA) is 16.1 Å². The van der Waals surface area contributed by atoms with Crippen LogP contribution in [0.5, 0.6) is 0 Å². The van der Waals surface area contributed by atoms with Crippen molar-refractivity contribution in [2.24, 2.45) is 0 Å². The van der Waals surface area contributed by atoms with Crippen molar-refractivity contribution in [1.29, 1.82) is 0 Å². The van der Waals surface area contributed by atoms with Gasteiger partial charge in [-0.05, 0) is 98.9 Å². The Labute approximate surface area is 324 Å². The molecule has 0 bridgehead atoms. The average Bonchev–Trinajstić information content (AvgIpc) is 3.76. The lowest BCUT2D eigenvalue weighted by atomic mass is 9.67. The van der Waals surface area contributed by atoms with Gasteiger partial charge in [0.25, 0.3) is 0 Å². The molecule has 0 unspecified atom stereocenters. The van der Waals surface area contributed by atoms with Gasteiger partial charge in [0.05, 0.1) is 11.1 Å². The molecule has 0 spiro atoms. The summed E-state index contributed by atoms with van der Waals surface area (Å²) >= 11 is 1.85. The van der Waals surface area contributed by atoms with Crippen molar-refractivity contribution in [1.82, 2.24) is 4.98 Å².